The number of phenols is 1. The van der Waals surface area contributed by atoms with E-state index >= 15 is 0 Å². The molecular formula is C21H20ClN3O3S. The standard InChI is InChI=1S/C21H20ClN3O3S/c1-3-24(4-2)16-8-5-13(18(26)12-16)11-17-19(27)23-21(29)25(20(17)28)15-9-6-14(22)7-10-15/h5-12,26H,3-4H2,1-2H3,(H,23,27,29)/b17-11-. The molecule has 2 aromatic carbocycles. The number of thiocarbonyl (C=S) groups is 1. The number of phenolic OH excluding ortho intramolecular Hbond substituents is 1. The molecule has 2 amide bonds. The molecule has 1 fully saturated rings. The van der Waals surface area contributed by atoms with Gasteiger partial charge in [0.05, 0.1) is 5.69 Å². The van der Waals surface area contributed by atoms with Crippen LogP contribution >= 0.6 is 23.8 Å². The van der Waals surface area contributed by atoms with Crippen molar-refractivity contribution in [1.82, 2.24) is 5.32 Å². The van der Waals surface area contributed by atoms with Crippen LogP contribution in [0.25, 0.3) is 6.08 Å². The van der Waals surface area contributed by atoms with Crippen molar-refractivity contribution in [2.75, 3.05) is 22.9 Å². The van der Waals surface area contributed by atoms with E-state index in [4.69, 9.17) is 23.8 Å². The highest BCUT2D eigenvalue weighted by Gasteiger charge is 2.34. The Morgan fingerprint density at radius 1 is 1.14 bits per heavy atom. The second-order valence-electron chi connectivity index (χ2n) is 6.35. The number of anilines is 2. The minimum atomic E-state index is -0.613. The lowest BCUT2D eigenvalue weighted by Gasteiger charge is -2.29. The molecule has 0 atom stereocenters. The molecule has 1 aliphatic rings. The third kappa shape index (κ3) is 4.26. The van der Waals surface area contributed by atoms with Crippen molar-refractivity contribution in [1.29, 1.82) is 0 Å². The molecule has 6 nitrogen and oxygen atoms in total. The van der Waals surface area contributed by atoms with Gasteiger partial charge in [-0.05, 0) is 68.5 Å². The van der Waals surface area contributed by atoms with Gasteiger partial charge in [-0.25, -0.2) is 0 Å². The highest BCUT2D eigenvalue weighted by Crippen LogP contribution is 2.29. The molecule has 0 bridgehead atoms. The Hall–Kier alpha value is -2.90. The van der Waals surface area contributed by atoms with Gasteiger partial charge in [-0.1, -0.05) is 11.6 Å². The number of nitrogens with one attached hydrogen (secondary N) is 1. The van der Waals surface area contributed by atoms with Gasteiger partial charge in [0.25, 0.3) is 11.8 Å². The van der Waals surface area contributed by atoms with Gasteiger partial charge in [0.1, 0.15) is 11.3 Å². The van der Waals surface area contributed by atoms with Gasteiger partial charge in [-0.15, -0.1) is 0 Å². The molecule has 29 heavy (non-hydrogen) atoms. The average molecular weight is 430 g/mol. The number of benzene rings is 2. The van der Waals surface area contributed by atoms with Crippen molar-refractivity contribution >= 4 is 58.2 Å². The maximum atomic E-state index is 13.0. The van der Waals surface area contributed by atoms with Gasteiger partial charge in [0, 0.05) is 35.4 Å². The number of amides is 2. The fraction of sp³-hybridized carbons (Fsp3) is 0.190. The first-order valence-corrected chi connectivity index (χ1v) is 9.89. The summed E-state index contributed by atoms with van der Waals surface area (Å²) in [5, 5.41) is 13.5. The zero-order valence-electron chi connectivity index (χ0n) is 16.0. The first-order chi connectivity index (χ1) is 13.8. The van der Waals surface area contributed by atoms with E-state index in [0.717, 1.165) is 18.8 Å². The number of carbonyl (C=O) groups is 2. The first-order valence-electron chi connectivity index (χ1n) is 9.10. The second-order valence-corrected chi connectivity index (χ2v) is 7.17. The van der Waals surface area contributed by atoms with E-state index in [2.05, 4.69) is 10.2 Å². The largest absolute Gasteiger partial charge is 0.507 e. The monoisotopic (exact) mass is 429 g/mol. The molecule has 150 valence electrons. The highest BCUT2D eigenvalue weighted by atomic mass is 35.5. The van der Waals surface area contributed by atoms with Crippen molar-refractivity contribution in [3.05, 3.63) is 58.6 Å². The Balaban J connectivity index is 1.97. The van der Waals surface area contributed by atoms with Gasteiger partial charge < -0.3 is 10.0 Å². The predicted octanol–water partition coefficient (Wildman–Crippen LogP) is 3.72. The van der Waals surface area contributed by atoms with Crippen LogP contribution in [0.1, 0.15) is 19.4 Å². The number of hydrogen-bond donors (Lipinski definition) is 2. The smallest absolute Gasteiger partial charge is 0.270 e. The van der Waals surface area contributed by atoms with Gasteiger partial charge in [-0.3, -0.25) is 19.8 Å². The van der Waals surface area contributed by atoms with Crippen molar-refractivity contribution in [3.8, 4) is 5.75 Å². The molecule has 1 saturated heterocycles. The summed E-state index contributed by atoms with van der Waals surface area (Å²) in [6, 6.07) is 11.7. The van der Waals surface area contributed by atoms with Crippen molar-refractivity contribution in [2.24, 2.45) is 0 Å². The summed E-state index contributed by atoms with van der Waals surface area (Å²) in [6.07, 6.45) is 1.36. The molecule has 1 aliphatic heterocycles. The summed E-state index contributed by atoms with van der Waals surface area (Å²) in [7, 11) is 0. The first kappa shape index (κ1) is 20.8. The van der Waals surface area contributed by atoms with Crippen molar-refractivity contribution in [2.45, 2.75) is 13.8 Å². The number of rotatable bonds is 5. The molecule has 3 rings (SSSR count). The lowest BCUT2D eigenvalue weighted by atomic mass is 10.1. The van der Waals surface area contributed by atoms with E-state index in [1.54, 1.807) is 36.4 Å². The van der Waals surface area contributed by atoms with E-state index in [1.807, 2.05) is 19.9 Å². The third-order valence-corrected chi connectivity index (χ3v) is 5.17. The number of hydrogen-bond acceptors (Lipinski definition) is 5. The highest BCUT2D eigenvalue weighted by molar-refractivity contribution is 7.80. The Morgan fingerprint density at radius 3 is 2.38 bits per heavy atom. The zero-order chi connectivity index (χ0) is 21.1. The Bertz CT molecular complexity index is 1000. The number of aromatic hydroxyl groups is 1. The summed E-state index contributed by atoms with van der Waals surface area (Å²) in [6.45, 7) is 5.64. The van der Waals surface area contributed by atoms with E-state index in [0.29, 0.717) is 16.3 Å². The Kier molecular flexibility index (Phi) is 6.20. The van der Waals surface area contributed by atoms with Crippen LogP contribution in [-0.4, -0.2) is 35.1 Å². The second kappa shape index (κ2) is 8.63. The summed E-state index contributed by atoms with van der Waals surface area (Å²) < 4.78 is 0. The topological polar surface area (TPSA) is 72.9 Å². The Labute approximate surface area is 179 Å². The van der Waals surface area contributed by atoms with Crippen molar-refractivity contribution < 1.29 is 14.7 Å². The molecule has 0 unspecified atom stereocenters. The summed E-state index contributed by atoms with van der Waals surface area (Å²) in [4.78, 5) is 28.7. The Morgan fingerprint density at radius 2 is 1.79 bits per heavy atom. The van der Waals surface area contributed by atoms with Crippen LogP contribution in [0.5, 0.6) is 5.75 Å². The number of nitrogens with zero attached hydrogens (tertiary/aromatic N) is 2. The summed E-state index contributed by atoms with van der Waals surface area (Å²) in [5.74, 6) is -1.21. The van der Waals surface area contributed by atoms with Gasteiger partial charge in [0.15, 0.2) is 5.11 Å². The van der Waals surface area contributed by atoms with E-state index in [1.165, 1.54) is 11.0 Å². The third-order valence-electron chi connectivity index (χ3n) is 4.63. The molecule has 0 saturated carbocycles. The van der Waals surface area contributed by atoms with Gasteiger partial charge in [-0.2, -0.15) is 0 Å². The molecule has 0 radical (unpaired) electrons. The van der Waals surface area contributed by atoms with Crippen LogP contribution in [0, 0.1) is 0 Å². The van der Waals surface area contributed by atoms with E-state index in [-0.39, 0.29) is 16.4 Å². The zero-order valence-corrected chi connectivity index (χ0v) is 17.5. The van der Waals surface area contributed by atoms with E-state index in [9.17, 15) is 14.7 Å². The average Bonchev–Trinajstić information content (AvgIpc) is 2.69. The molecule has 2 N–H and O–H groups in total. The maximum absolute atomic E-state index is 13.0. The summed E-state index contributed by atoms with van der Waals surface area (Å²) >= 11 is 11.1. The molecular weight excluding hydrogens is 410 g/mol. The van der Waals surface area contributed by atoms with Crippen LogP contribution in [0.4, 0.5) is 11.4 Å². The lowest BCUT2D eigenvalue weighted by molar-refractivity contribution is -0.122. The molecule has 0 aromatic heterocycles. The fourth-order valence-corrected chi connectivity index (χ4v) is 3.48. The van der Waals surface area contributed by atoms with Crippen molar-refractivity contribution in [3.63, 3.8) is 0 Å². The SMILES string of the molecule is CCN(CC)c1ccc(/C=C2/C(=O)NC(=S)N(c3ccc(Cl)cc3)C2=O)c(O)c1. The molecule has 8 heteroatoms. The minimum Gasteiger partial charge on any atom is -0.507 e. The van der Waals surface area contributed by atoms with Crippen LogP contribution in [0.2, 0.25) is 5.02 Å². The molecule has 1 heterocycles. The van der Waals surface area contributed by atoms with Crippen LogP contribution < -0.4 is 15.1 Å². The van der Waals surface area contributed by atoms with Crippen LogP contribution in [-0.2, 0) is 9.59 Å². The number of carbonyl (C=O) groups excluding carboxylic acids is 2. The lowest BCUT2D eigenvalue weighted by Crippen LogP contribution is -2.54. The van der Waals surface area contributed by atoms with Gasteiger partial charge in [0.2, 0.25) is 0 Å². The normalized spacial score (nSPS) is 15.6. The van der Waals surface area contributed by atoms with E-state index < -0.39 is 11.8 Å². The van der Waals surface area contributed by atoms with Crippen LogP contribution in [0.15, 0.2) is 48.0 Å². The van der Waals surface area contributed by atoms with Crippen LogP contribution in [0.3, 0.4) is 0 Å². The summed E-state index contributed by atoms with van der Waals surface area (Å²) in [5.41, 5.74) is 1.58. The molecule has 0 spiro atoms. The minimum absolute atomic E-state index is 0.0134. The molecule has 0 aliphatic carbocycles. The fourth-order valence-electron chi connectivity index (χ4n) is 3.08. The quantitative estimate of drug-likeness (QED) is 0.430. The number of halogens is 1. The van der Waals surface area contributed by atoms with Gasteiger partial charge >= 0.3 is 0 Å². The maximum Gasteiger partial charge on any atom is 0.270 e. The molecule has 2 aromatic rings. The predicted molar refractivity (Wildman–Crippen MR) is 119 cm³/mol.